The summed E-state index contributed by atoms with van der Waals surface area (Å²) in [6.45, 7) is 5.31. The van der Waals surface area contributed by atoms with E-state index in [1.54, 1.807) is 26.8 Å². The van der Waals surface area contributed by atoms with E-state index < -0.39 is 5.97 Å². The third kappa shape index (κ3) is 5.35. The summed E-state index contributed by atoms with van der Waals surface area (Å²) >= 11 is 0. The summed E-state index contributed by atoms with van der Waals surface area (Å²) in [6, 6.07) is -0.103. The summed E-state index contributed by atoms with van der Waals surface area (Å²) in [5.41, 5.74) is 0.646. The fourth-order valence-electron chi connectivity index (χ4n) is 0.881. The van der Waals surface area contributed by atoms with Crippen molar-refractivity contribution < 1.29 is 14.7 Å². The van der Waals surface area contributed by atoms with Crippen molar-refractivity contribution in [2.24, 2.45) is 0 Å². The van der Waals surface area contributed by atoms with E-state index in [1.165, 1.54) is 0 Å². The zero-order valence-corrected chi connectivity index (χ0v) is 8.83. The van der Waals surface area contributed by atoms with Crippen LogP contribution in [-0.2, 0) is 9.59 Å². The maximum absolute atomic E-state index is 11.3. The number of carbonyl (C=O) groups excluding carboxylic acids is 1. The summed E-state index contributed by atoms with van der Waals surface area (Å²) in [4.78, 5) is 21.6. The van der Waals surface area contributed by atoms with Crippen LogP contribution in [0.5, 0.6) is 0 Å². The van der Waals surface area contributed by atoms with Gasteiger partial charge in [0, 0.05) is 18.0 Å². The molecule has 0 aromatic carbocycles. The summed E-state index contributed by atoms with van der Waals surface area (Å²) in [5, 5.41) is 11.1. The number of carboxylic acid groups (broad SMARTS) is 1. The molecule has 0 radical (unpaired) electrons. The Morgan fingerprint density at radius 2 is 2.07 bits per heavy atom. The molecule has 0 aromatic rings. The van der Waals surface area contributed by atoms with Gasteiger partial charge >= 0.3 is 5.97 Å². The fourth-order valence-corrected chi connectivity index (χ4v) is 0.881. The Kier molecular flexibility index (Phi) is 5.60. The van der Waals surface area contributed by atoms with Crippen LogP contribution >= 0.6 is 0 Å². The Bertz CT molecular complexity index is 246. The minimum absolute atomic E-state index is 0.0797. The third-order valence-electron chi connectivity index (χ3n) is 1.96. The molecule has 1 unspecified atom stereocenters. The predicted octanol–water partition coefficient (Wildman–Crippen LogP) is 1.32. The van der Waals surface area contributed by atoms with Crippen LogP contribution in [0.4, 0.5) is 0 Å². The lowest BCUT2D eigenvalue weighted by Crippen LogP contribution is -2.33. The molecule has 0 bridgehead atoms. The minimum atomic E-state index is -0.839. The quantitative estimate of drug-likeness (QED) is 0.656. The molecule has 2 N–H and O–H groups in total. The van der Waals surface area contributed by atoms with Crippen LogP contribution in [0.1, 0.15) is 33.6 Å². The van der Waals surface area contributed by atoms with Crippen molar-refractivity contribution in [1.29, 1.82) is 0 Å². The van der Waals surface area contributed by atoms with Crippen molar-refractivity contribution in [3.05, 3.63) is 11.6 Å². The van der Waals surface area contributed by atoms with Gasteiger partial charge in [-0.3, -0.25) is 9.59 Å². The standard InChI is InChI=1S/C10H17NO3/c1-4-7(2)10(14)11-8(3)5-6-9(12)13/h4,8H,5-6H2,1-3H3,(H,11,14)(H,12,13)/b7-4-. The summed E-state index contributed by atoms with van der Waals surface area (Å²) < 4.78 is 0. The average Bonchev–Trinajstić information content (AvgIpc) is 2.13. The zero-order chi connectivity index (χ0) is 11.1. The van der Waals surface area contributed by atoms with E-state index in [-0.39, 0.29) is 18.4 Å². The van der Waals surface area contributed by atoms with Gasteiger partial charge in [-0.05, 0) is 27.2 Å². The lowest BCUT2D eigenvalue weighted by Gasteiger charge is -2.12. The number of amides is 1. The molecule has 0 aromatic heterocycles. The minimum Gasteiger partial charge on any atom is -0.481 e. The Morgan fingerprint density at radius 1 is 1.50 bits per heavy atom. The molecule has 0 rings (SSSR count). The molecule has 4 nitrogen and oxygen atoms in total. The maximum atomic E-state index is 11.3. The lowest BCUT2D eigenvalue weighted by molar-refractivity contribution is -0.137. The Labute approximate surface area is 84.0 Å². The van der Waals surface area contributed by atoms with E-state index in [0.29, 0.717) is 12.0 Å². The van der Waals surface area contributed by atoms with Gasteiger partial charge < -0.3 is 10.4 Å². The number of nitrogens with one attached hydrogen (secondary N) is 1. The highest BCUT2D eigenvalue weighted by molar-refractivity contribution is 5.92. The van der Waals surface area contributed by atoms with Crippen molar-refractivity contribution in [2.45, 2.75) is 39.7 Å². The van der Waals surface area contributed by atoms with Crippen LogP contribution in [0.2, 0.25) is 0 Å². The highest BCUT2D eigenvalue weighted by Crippen LogP contribution is 1.99. The fraction of sp³-hybridized carbons (Fsp3) is 0.600. The van der Waals surface area contributed by atoms with Gasteiger partial charge in [0.25, 0.3) is 0 Å². The molecule has 14 heavy (non-hydrogen) atoms. The molecule has 0 saturated heterocycles. The topological polar surface area (TPSA) is 66.4 Å². The number of allylic oxidation sites excluding steroid dienone is 1. The molecular weight excluding hydrogens is 182 g/mol. The number of hydrogen-bond donors (Lipinski definition) is 2. The maximum Gasteiger partial charge on any atom is 0.303 e. The van der Waals surface area contributed by atoms with Gasteiger partial charge in [-0.2, -0.15) is 0 Å². The summed E-state index contributed by atoms with van der Waals surface area (Å²) in [5.74, 6) is -0.973. The number of hydrogen-bond acceptors (Lipinski definition) is 2. The Hall–Kier alpha value is -1.32. The second-order valence-electron chi connectivity index (χ2n) is 3.28. The third-order valence-corrected chi connectivity index (χ3v) is 1.96. The van der Waals surface area contributed by atoms with Gasteiger partial charge in [0.15, 0.2) is 0 Å². The molecule has 1 atom stereocenters. The van der Waals surface area contributed by atoms with Crippen molar-refractivity contribution in [2.75, 3.05) is 0 Å². The molecule has 4 heteroatoms. The second kappa shape index (κ2) is 6.18. The highest BCUT2D eigenvalue weighted by Gasteiger charge is 2.09. The van der Waals surface area contributed by atoms with Crippen molar-refractivity contribution in [3.63, 3.8) is 0 Å². The number of carbonyl (C=O) groups is 2. The van der Waals surface area contributed by atoms with Gasteiger partial charge in [-0.15, -0.1) is 0 Å². The van der Waals surface area contributed by atoms with E-state index in [2.05, 4.69) is 5.32 Å². The first kappa shape index (κ1) is 12.7. The van der Waals surface area contributed by atoms with E-state index in [4.69, 9.17) is 5.11 Å². The Balaban J connectivity index is 3.88. The van der Waals surface area contributed by atoms with E-state index in [0.717, 1.165) is 0 Å². The monoisotopic (exact) mass is 199 g/mol. The van der Waals surface area contributed by atoms with Crippen LogP contribution in [0, 0.1) is 0 Å². The first-order chi connectivity index (χ1) is 6.47. The van der Waals surface area contributed by atoms with Crippen LogP contribution in [0.15, 0.2) is 11.6 Å². The Morgan fingerprint density at radius 3 is 2.50 bits per heavy atom. The molecule has 0 fully saturated rings. The van der Waals surface area contributed by atoms with Crippen molar-refractivity contribution in [1.82, 2.24) is 5.32 Å². The highest BCUT2D eigenvalue weighted by atomic mass is 16.4. The lowest BCUT2D eigenvalue weighted by atomic mass is 10.1. The molecular formula is C10H17NO3. The smallest absolute Gasteiger partial charge is 0.303 e. The predicted molar refractivity (Wildman–Crippen MR) is 53.9 cm³/mol. The van der Waals surface area contributed by atoms with E-state index in [1.807, 2.05) is 0 Å². The zero-order valence-electron chi connectivity index (χ0n) is 8.83. The number of aliphatic carboxylic acids is 1. The number of carboxylic acids is 1. The molecule has 0 aliphatic rings. The van der Waals surface area contributed by atoms with Crippen LogP contribution in [0.25, 0.3) is 0 Å². The molecule has 0 heterocycles. The molecule has 0 spiro atoms. The van der Waals surface area contributed by atoms with Gasteiger partial charge in [0.05, 0.1) is 0 Å². The SMILES string of the molecule is C/C=C(/C)C(=O)NC(C)CCC(=O)O. The first-order valence-electron chi connectivity index (χ1n) is 4.63. The van der Waals surface area contributed by atoms with Gasteiger partial charge in [0.2, 0.25) is 5.91 Å². The summed E-state index contributed by atoms with van der Waals surface area (Å²) in [6.07, 6.45) is 2.26. The normalized spacial score (nSPS) is 13.5. The van der Waals surface area contributed by atoms with Gasteiger partial charge in [0.1, 0.15) is 0 Å². The van der Waals surface area contributed by atoms with Crippen LogP contribution in [0.3, 0.4) is 0 Å². The molecule has 0 saturated carbocycles. The van der Waals surface area contributed by atoms with Crippen LogP contribution in [-0.4, -0.2) is 23.0 Å². The number of rotatable bonds is 5. The van der Waals surface area contributed by atoms with E-state index in [9.17, 15) is 9.59 Å². The van der Waals surface area contributed by atoms with Crippen molar-refractivity contribution >= 4 is 11.9 Å². The molecule has 0 aliphatic carbocycles. The average molecular weight is 199 g/mol. The largest absolute Gasteiger partial charge is 0.481 e. The van der Waals surface area contributed by atoms with Gasteiger partial charge in [-0.25, -0.2) is 0 Å². The molecule has 80 valence electrons. The van der Waals surface area contributed by atoms with Crippen molar-refractivity contribution in [3.8, 4) is 0 Å². The second-order valence-corrected chi connectivity index (χ2v) is 3.28. The first-order valence-corrected chi connectivity index (χ1v) is 4.63. The molecule has 0 aliphatic heterocycles. The van der Waals surface area contributed by atoms with E-state index >= 15 is 0 Å². The molecule has 1 amide bonds. The van der Waals surface area contributed by atoms with Gasteiger partial charge in [-0.1, -0.05) is 6.08 Å². The summed E-state index contributed by atoms with van der Waals surface area (Å²) in [7, 11) is 0. The van der Waals surface area contributed by atoms with Crippen LogP contribution < -0.4 is 5.32 Å².